The predicted molar refractivity (Wildman–Crippen MR) is 311 cm³/mol. The first-order chi connectivity index (χ1) is 35.5. The Morgan fingerprint density at radius 3 is 0.847 bits per heavy atom. The van der Waals surface area contributed by atoms with Crippen molar-refractivity contribution in [1.82, 2.24) is 0 Å². The zero-order valence-corrected chi connectivity index (χ0v) is 46.9. The monoisotopic (exact) mass is 999 g/mol. The number of hydrogen-bond acceptors (Lipinski definition) is 6. The van der Waals surface area contributed by atoms with Crippen molar-refractivity contribution >= 4 is 17.9 Å². The van der Waals surface area contributed by atoms with Crippen LogP contribution in [0.3, 0.4) is 0 Å². The molecule has 410 valence electrons. The van der Waals surface area contributed by atoms with Crippen molar-refractivity contribution in [2.45, 2.75) is 277 Å². The van der Waals surface area contributed by atoms with Crippen LogP contribution in [0.15, 0.2) is 109 Å². The number of esters is 3. The van der Waals surface area contributed by atoms with Gasteiger partial charge in [-0.25, -0.2) is 0 Å². The molecule has 6 nitrogen and oxygen atoms in total. The molecule has 1 atom stereocenters. The highest BCUT2D eigenvalue weighted by Gasteiger charge is 2.19. The second kappa shape index (κ2) is 59.6. The van der Waals surface area contributed by atoms with Crippen molar-refractivity contribution < 1.29 is 28.6 Å². The molecule has 0 spiro atoms. The summed E-state index contributed by atoms with van der Waals surface area (Å²) in [5.41, 5.74) is 0. The van der Waals surface area contributed by atoms with E-state index >= 15 is 0 Å². The number of unbranched alkanes of at least 4 members (excludes halogenated alkanes) is 24. The first-order valence-electron chi connectivity index (χ1n) is 29.9. The Morgan fingerprint density at radius 2 is 0.542 bits per heavy atom. The van der Waals surface area contributed by atoms with Gasteiger partial charge >= 0.3 is 17.9 Å². The lowest BCUT2D eigenvalue weighted by Gasteiger charge is -2.18. The molecule has 72 heavy (non-hydrogen) atoms. The van der Waals surface area contributed by atoms with E-state index in [1.165, 1.54) is 89.9 Å². The lowest BCUT2D eigenvalue weighted by Crippen LogP contribution is -2.30. The number of rotatable bonds is 53. The lowest BCUT2D eigenvalue weighted by atomic mass is 10.1. The van der Waals surface area contributed by atoms with Crippen molar-refractivity contribution in [3.63, 3.8) is 0 Å². The highest BCUT2D eigenvalue weighted by atomic mass is 16.6. The van der Waals surface area contributed by atoms with Crippen molar-refractivity contribution in [3.05, 3.63) is 109 Å². The Hall–Kier alpha value is -3.93. The second-order valence-corrected chi connectivity index (χ2v) is 19.5. The van der Waals surface area contributed by atoms with Gasteiger partial charge in [-0.05, 0) is 122 Å². The summed E-state index contributed by atoms with van der Waals surface area (Å²) in [5.74, 6) is -0.920. The van der Waals surface area contributed by atoms with Crippen LogP contribution in [0.5, 0.6) is 0 Å². The number of carbonyl (C=O) groups excluding carboxylic acids is 3. The van der Waals surface area contributed by atoms with Gasteiger partial charge in [0.25, 0.3) is 0 Å². The summed E-state index contributed by atoms with van der Waals surface area (Å²) in [6, 6.07) is 0. The molecule has 0 fully saturated rings. The van der Waals surface area contributed by atoms with Crippen molar-refractivity contribution in [2.75, 3.05) is 13.2 Å². The highest BCUT2D eigenvalue weighted by molar-refractivity contribution is 5.71. The van der Waals surface area contributed by atoms with E-state index < -0.39 is 6.10 Å². The van der Waals surface area contributed by atoms with Crippen LogP contribution in [0.2, 0.25) is 0 Å². The summed E-state index contributed by atoms with van der Waals surface area (Å²) in [4.78, 5) is 38.3. The molecule has 0 amide bonds. The molecule has 0 saturated carbocycles. The first kappa shape index (κ1) is 68.1. The molecule has 0 rings (SSSR count). The van der Waals surface area contributed by atoms with Crippen LogP contribution in [0, 0.1) is 0 Å². The number of allylic oxidation sites excluding steroid dienone is 18. The van der Waals surface area contributed by atoms with Crippen LogP contribution >= 0.6 is 0 Å². The Kier molecular flexibility index (Phi) is 56.4. The fourth-order valence-electron chi connectivity index (χ4n) is 8.07. The topological polar surface area (TPSA) is 78.9 Å². The van der Waals surface area contributed by atoms with Gasteiger partial charge in [0, 0.05) is 19.3 Å². The van der Waals surface area contributed by atoms with E-state index in [4.69, 9.17) is 14.2 Å². The van der Waals surface area contributed by atoms with Crippen molar-refractivity contribution in [2.24, 2.45) is 0 Å². The maximum atomic E-state index is 12.9. The molecular formula is C66H110O6. The van der Waals surface area contributed by atoms with Crippen LogP contribution in [-0.2, 0) is 28.6 Å². The normalized spacial score (nSPS) is 12.9. The summed E-state index contributed by atoms with van der Waals surface area (Å²) in [6.45, 7) is 6.38. The molecule has 0 N–H and O–H groups in total. The van der Waals surface area contributed by atoms with Crippen molar-refractivity contribution in [1.29, 1.82) is 0 Å². The van der Waals surface area contributed by atoms with E-state index in [0.29, 0.717) is 19.3 Å². The van der Waals surface area contributed by atoms with E-state index in [1.807, 2.05) is 0 Å². The largest absolute Gasteiger partial charge is 0.462 e. The van der Waals surface area contributed by atoms with Gasteiger partial charge in [-0.15, -0.1) is 0 Å². The molecule has 1 unspecified atom stereocenters. The van der Waals surface area contributed by atoms with Crippen LogP contribution < -0.4 is 0 Å². The average Bonchev–Trinajstić information content (AvgIpc) is 3.38. The predicted octanol–water partition coefficient (Wildman–Crippen LogP) is 20.3. The maximum absolute atomic E-state index is 12.9. The van der Waals surface area contributed by atoms with Crippen molar-refractivity contribution in [3.8, 4) is 0 Å². The molecule has 0 aromatic heterocycles. The SMILES string of the molecule is CC/C=C\C/C=C\C/C=C\C/C=C\CCCCCCCCCCC(=O)OCC(COC(=O)CCCCCCC/C=C\C/C=C\CCCCCC)OC(=O)CCCCCCCCC/C=C\C/C=C\C/C=C\CC. The van der Waals surface area contributed by atoms with Crippen LogP contribution in [-0.4, -0.2) is 37.2 Å². The molecule has 0 aromatic rings. The van der Waals surface area contributed by atoms with E-state index in [1.54, 1.807) is 0 Å². The summed E-state index contributed by atoms with van der Waals surface area (Å²) in [6.07, 6.45) is 80.7. The Morgan fingerprint density at radius 1 is 0.292 bits per heavy atom. The maximum Gasteiger partial charge on any atom is 0.306 e. The summed E-state index contributed by atoms with van der Waals surface area (Å²) in [5, 5.41) is 0. The Balaban J connectivity index is 4.43. The molecule has 0 aliphatic carbocycles. The van der Waals surface area contributed by atoms with Gasteiger partial charge in [-0.3, -0.25) is 14.4 Å². The first-order valence-corrected chi connectivity index (χ1v) is 29.9. The molecule has 0 heterocycles. The molecular weight excluding hydrogens is 889 g/mol. The fraction of sp³-hybridized carbons (Fsp3) is 0.682. The summed E-state index contributed by atoms with van der Waals surface area (Å²) < 4.78 is 16.9. The Bertz CT molecular complexity index is 1470. The third-order valence-corrected chi connectivity index (χ3v) is 12.5. The van der Waals surface area contributed by atoms with Crippen LogP contribution in [0.25, 0.3) is 0 Å². The smallest absolute Gasteiger partial charge is 0.306 e. The van der Waals surface area contributed by atoms with E-state index in [2.05, 4.69) is 130 Å². The zero-order chi connectivity index (χ0) is 52.2. The number of hydrogen-bond donors (Lipinski definition) is 0. The molecule has 0 radical (unpaired) electrons. The summed E-state index contributed by atoms with van der Waals surface area (Å²) in [7, 11) is 0. The van der Waals surface area contributed by atoms with E-state index in [-0.39, 0.29) is 31.1 Å². The van der Waals surface area contributed by atoms with Gasteiger partial charge in [0.15, 0.2) is 6.10 Å². The third-order valence-electron chi connectivity index (χ3n) is 12.5. The van der Waals surface area contributed by atoms with E-state index in [9.17, 15) is 14.4 Å². The minimum Gasteiger partial charge on any atom is -0.462 e. The minimum absolute atomic E-state index is 0.0922. The van der Waals surface area contributed by atoms with Gasteiger partial charge < -0.3 is 14.2 Å². The van der Waals surface area contributed by atoms with Gasteiger partial charge in [0.05, 0.1) is 0 Å². The fourth-order valence-corrected chi connectivity index (χ4v) is 8.07. The molecule has 0 aromatic carbocycles. The van der Waals surface area contributed by atoms with Crippen LogP contribution in [0.1, 0.15) is 271 Å². The number of carbonyl (C=O) groups is 3. The second-order valence-electron chi connectivity index (χ2n) is 19.5. The van der Waals surface area contributed by atoms with Gasteiger partial charge in [-0.2, -0.15) is 0 Å². The molecule has 0 saturated heterocycles. The highest BCUT2D eigenvalue weighted by Crippen LogP contribution is 2.15. The van der Waals surface area contributed by atoms with Gasteiger partial charge in [0.1, 0.15) is 13.2 Å². The summed E-state index contributed by atoms with van der Waals surface area (Å²) >= 11 is 0. The number of ether oxygens (including phenoxy) is 3. The van der Waals surface area contributed by atoms with Crippen LogP contribution in [0.4, 0.5) is 0 Å². The van der Waals surface area contributed by atoms with E-state index in [0.717, 1.165) is 141 Å². The van der Waals surface area contributed by atoms with Gasteiger partial charge in [-0.1, -0.05) is 239 Å². The third kappa shape index (κ3) is 57.0. The Labute approximate surface area is 444 Å². The molecule has 0 aliphatic rings. The zero-order valence-electron chi connectivity index (χ0n) is 46.9. The lowest BCUT2D eigenvalue weighted by molar-refractivity contribution is -0.167. The quantitative estimate of drug-likeness (QED) is 0.0261. The minimum atomic E-state index is -0.796. The molecule has 0 bridgehead atoms. The molecule has 0 aliphatic heterocycles. The van der Waals surface area contributed by atoms with Gasteiger partial charge in [0.2, 0.25) is 0 Å². The average molecular weight is 1000 g/mol. The standard InChI is InChI=1S/C66H110O6/c1-4-7-10-13-16-19-22-25-28-31-32-33-34-36-38-41-44-47-50-53-56-59-65(68)71-62-63(61-70-64(67)58-55-52-49-46-43-40-37-30-27-24-21-18-15-12-9-6-3)72-66(69)60-57-54-51-48-45-42-39-35-29-26-23-20-17-14-11-8-5-2/h7-8,10-11,16-17,19-21,24-26,28-30,32-33,37,63H,4-6,9,12-15,18,22-23,27,31,34-36,38-62H2,1-3H3/b10-7-,11-8-,19-16-,20-17-,24-21-,28-25-,29-26-,33-32-,37-30-. The molecule has 6 heteroatoms.